The van der Waals surface area contributed by atoms with Crippen LogP contribution in [0.1, 0.15) is 10.4 Å². The van der Waals surface area contributed by atoms with E-state index >= 15 is 0 Å². The molecule has 0 spiro atoms. The number of thiazole rings is 1. The van der Waals surface area contributed by atoms with Gasteiger partial charge in [0, 0.05) is 40.1 Å². The Bertz CT molecular complexity index is 1090. The van der Waals surface area contributed by atoms with Crippen LogP contribution in [0.2, 0.25) is 5.02 Å². The van der Waals surface area contributed by atoms with Gasteiger partial charge in [0.25, 0.3) is 5.91 Å². The van der Waals surface area contributed by atoms with Crippen molar-refractivity contribution in [3.63, 3.8) is 0 Å². The molecule has 24 heavy (non-hydrogen) atoms. The van der Waals surface area contributed by atoms with Crippen molar-refractivity contribution < 1.29 is 4.79 Å². The van der Waals surface area contributed by atoms with Crippen LogP contribution in [0.25, 0.3) is 16.7 Å². The molecule has 0 aliphatic carbocycles. The highest BCUT2D eigenvalue weighted by Gasteiger charge is 2.12. The summed E-state index contributed by atoms with van der Waals surface area (Å²) < 4.78 is 1.85. The molecule has 0 bridgehead atoms. The van der Waals surface area contributed by atoms with Crippen LogP contribution in [-0.2, 0) is 0 Å². The van der Waals surface area contributed by atoms with Crippen LogP contribution in [0.15, 0.2) is 65.4 Å². The first-order valence-electron chi connectivity index (χ1n) is 7.15. The van der Waals surface area contributed by atoms with E-state index in [1.54, 1.807) is 30.6 Å². The number of amides is 1. The summed E-state index contributed by atoms with van der Waals surface area (Å²) in [5.41, 5.74) is 2.08. The van der Waals surface area contributed by atoms with Crippen LogP contribution in [0.5, 0.6) is 0 Å². The molecule has 0 saturated heterocycles. The summed E-state index contributed by atoms with van der Waals surface area (Å²) in [6, 6.07) is 11.0. The van der Waals surface area contributed by atoms with Crippen molar-refractivity contribution in [3.8, 4) is 5.69 Å². The van der Waals surface area contributed by atoms with Gasteiger partial charge in [-0.2, -0.15) is 4.99 Å². The molecule has 1 amide bonds. The second-order valence-corrected chi connectivity index (χ2v) is 6.36. The third-order valence-corrected chi connectivity index (χ3v) is 4.58. The van der Waals surface area contributed by atoms with E-state index in [0.717, 1.165) is 11.1 Å². The van der Waals surface area contributed by atoms with E-state index in [1.165, 1.54) is 11.3 Å². The first kappa shape index (κ1) is 14.9. The van der Waals surface area contributed by atoms with Gasteiger partial charge in [-0.25, -0.2) is 4.98 Å². The second-order valence-electron chi connectivity index (χ2n) is 5.05. The Morgan fingerprint density at radius 3 is 2.92 bits per heavy atom. The fourth-order valence-electron chi connectivity index (χ4n) is 2.43. The Morgan fingerprint density at radius 2 is 2.08 bits per heavy atom. The van der Waals surface area contributed by atoms with Crippen molar-refractivity contribution in [1.29, 1.82) is 0 Å². The van der Waals surface area contributed by atoms with E-state index in [-0.39, 0.29) is 5.91 Å². The van der Waals surface area contributed by atoms with Gasteiger partial charge in [0.2, 0.25) is 0 Å². The minimum atomic E-state index is -0.306. The number of pyridine rings is 1. The molecule has 1 N–H and O–H groups in total. The van der Waals surface area contributed by atoms with Crippen LogP contribution in [0.3, 0.4) is 0 Å². The van der Waals surface area contributed by atoms with Crippen molar-refractivity contribution >= 4 is 39.9 Å². The summed E-state index contributed by atoms with van der Waals surface area (Å²) in [4.78, 5) is 24.6. The Balaban J connectivity index is 1.78. The lowest BCUT2D eigenvalue weighted by molar-refractivity contribution is 0.0999. The molecule has 1 aromatic carbocycles. The second kappa shape index (κ2) is 6.07. The van der Waals surface area contributed by atoms with Crippen LogP contribution < -0.4 is 4.80 Å². The molecule has 4 aromatic rings. The number of rotatable bonds is 2. The van der Waals surface area contributed by atoms with Gasteiger partial charge in [-0.3, -0.25) is 9.36 Å². The van der Waals surface area contributed by atoms with Crippen molar-refractivity contribution in [2.45, 2.75) is 0 Å². The largest absolute Gasteiger partial charge is 0.345 e. The van der Waals surface area contributed by atoms with E-state index in [9.17, 15) is 4.79 Å². The van der Waals surface area contributed by atoms with Crippen molar-refractivity contribution in [1.82, 2.24) is 14.5 Å². The average Bonchev–Trinajstić information content (AvgIpc) is 3.22. The standard InChI is InChI=1S/C17H11ClN4OS/c18-11-3-5-12(6-4-11)22-8-9-24-17(22)21-16(23)14-10-20-15-13(14)2-1-7-19-15/h1-10H,(H,19,20). The van der Waals surface area contributed by atoms with Crippen LogP contribution in [0.4, 0.5) is 0 Å². The maximum absolute atomic E-state index is 12.6. The molecule has 0 atom stereocenters. The predicted octanol–water partition coefficient (Wildman–Crippen LogP) is 3.81. The number of aromatic amines is 1. The van der Waals surface area contributed by atoms with Gasteiger partial charge in [-0.05, 0) is 36.4 Å². The number of benzene rings is 1. The lowest BCUT2D eigenvalue weighted by atomic mass is 10.2. The molecule has 0 fully saturated rings. The molecule has 5 nitrogen and oxygen atoms in total. The molecule has 3 aromatic heterocycles. The summed E-state index contributed by atoms with van der Waals surface area (Å²) in [5.74, 6) is -0.306. The minimum Gasteiger partial charge on any atom is -0.345 e. The molecule has 3 heterocycles. The zero-order valence-electron chi connectivity index (χ0n) is 12.3. The number of nitrogens with zero attached hydrogens (tertiary/aromatic N) is 3. The van der Waals surface area contributed by atoms with E-state index < -0.39 is 0 Å². The number of nitrogens with one attached hydrogen (secondary N) is 1. The lowest BCUT2D eigenvalue weighted by Gasteiger charge is -2.02. The summed E-state index contributed by atoms with van der Waals surface area (Å²) in [5, 5.41) is 3.31. The molecular formula is C17H11ClN4OS. The quantitative estimate of drug-likeness (QED) is 0.595. The van der Waals surface area contributed by atoms with Gasteiger partial charge >= 0.3 is 0 Å². The monoisotopic (exact) mass is 354 g/mol. The molecule has 0 aliphatic rings. The average molecular weight is 355 g/mol. The highest BCUT2D eigenvalue weighted by Crippen LogP contribution is 2.17. The molecule has 0 unspecified atom stereocenters. The van der Waals surface area contributed by atoms with Crippen LogP contribution in [-0.4, -0.2) is 20.4 Å². The third-order valence-electron chi connectivity index (χ3n) is 3.57. The highest BCUT2D eigenvalue weighted by atomic mass is 35.5. The number of carbonyl (C=O) groups excluding carboxylic acids is 1. The Labute approximate surface area is 145 Å². The topological polar surface area (TPSA) is 63.0 Å². The number of hydrogen-bond acceptors (Lipinski definition) is 3. The first-order chi connectivity index (χ1) is 11.7. The number of aromatic nitrogens is 3. The maximum atomic E-state index is 12.6. The number of H-pyrrole nitrogens is 1. The Hall–Kier alpha value is -2.70. The number of fused-ring (bicyclic) bond motifs is 1. The van der Waals surface area contributed by atoms with Crippen molar-refractivity contribution in [2.75, 3.05) is 0 Å². The van der Waals surface area contributed by atoms with Crippen LogP contribution >= 0.6 is 22.9 Å². The zero-order chi connectivity index (χ0) is 16.5. The van der Waals surface area contributed by atoms with Crippen molar-refractivity contribution in [2.24, 2.45) is 4.99 Å². The van der Waals surface area contributed by atoms with E-state index in [2.05, 4.69) is 15.0 Å². The molecule has 118 valence electrons. The minimum absolute atomic E-state index is 0.306. The summed E-state index contributed by atoms with van der Waals surface area (Å²) in [6.07, 6.45) is 5.19. The molecule has 0 radical (unpaired) electrons. The fraction of sp³-hybridized carbons (Fsp3) is 0. The van der Waals surface area contributed by atoms with Gasteiger partial charge < -0.3 is 4.98 Å². The Morgan fingerprint density at radius 1 is 1.25 bits per heavy atom. The first-order valence-corrected chi connectivity index (χ1v) is 8.41. The SMILES string of the molecule is O=C(N=c1sccn1-c1ccc(Cl)cc1)c1c[nH]c2ncccc12. The van der Waals surface area contributed by atoms with Crippen molar-refractivity contribution in [3.05, 3.63) is 75.8 Å². The van der Waals surface area contributed by atoms with Gasteiger partial charge in [-0.1, -0.05) is 11.6 Å². The Kier molecular flexibility index (Phi) is 3.76. The normalized spacial score (nSPS) is 12.0. The van der Waals surface area contributed by atoms with Gasteiger partial charge in [-0.15, -0.1) is 11.3 Å². The summed E-state index contributed by atoms with van der Waals surface area (Å²) in [6.45, 7) is 0. The predicted molar refractivity (Wildman–Crippen MR) is 94.6 cm³/mol. The number of halogens is 1. The highest BCUT2D eigenvalue weighted by molar-refractivity contribution is 7.07. The van der Waals surface area contributed by atoms with E-state index in [0.29, 0.717) is 21.0 Å². The molecule has 7 heteroatoms. The fourth-order valence-corrected chi connectivity index (χ4v) is 3.28. The van der Waals surface area contributed by atoms with Crippen LogP contribution in [0, 0.1) is 0 Å². The lowest BCUT2D eigenvalue weighted by Crippen LogP contribution is -2.14. The molecule has 0 saturated carbocycles. The maximum Gasteiger partial charge on any atom is 0.281 e. The van der Waals surface area contributed by atoms with Gasteiger partial charge in [0.1, 0.15) is 5.65 Å². The van der Waals surface area contributed by atoms with Gasteiger partial charge in [0.05, 0.1) is 5.56 Å². The number of hydrogen-bond donors (Lipinski definition) is 1. The van der Waals surface area contributed by atoms with E-state index in [1.807, 2.05) is 34.3 Å². The smallest absolute Gasteiger partial charge is 0.281 e. The van der Waals surface area contributed by atoms with E-state index in [4.69, 9.17) is 11.6 Å². The molecule has 0 aliphatic heterocycles. The zero-order valence-corrected chi connectivity index (χ0v) is 13.9. The number of carbonyl (C=O) groups is 1. The molecule has 4 rings (SSSR count). The summed E-state index contributed by atoms with van der Waals surface area (Å²) >= 11 is 7.32. The summed E-state index contributed by atoms with van der Waals surface area (Å²) in [7, 11) is 0. The molecular weight excluding hydrogens is 344 g/mol. The third kappa shape index (κ3) is 2.66. The van der Waals surface area contributed by atoms with Gasteiger partial charge in [0.15, 0.2) is 4.80 Å².